The molecule has 1 saturated carbocycles. The lowest BCUT2D eigenvalue weighted by Gasteiger charge is -2.21. The van der Waals surface area contributed by atoms with Crippen molar-refractivity contribution in [3.8, 4) is 0 Å². The third-order valence-electron chi connectivity index (χ3n) is 5.16. The van der Waals surface area contributed by atoms with Gasteiger partial charge in [0.05, 0.1) is 11.0 Å². The smallest absolute Gasteiger partial charge is 0.240 e. The molecule has 0 saturated heterocycles. The Labute approximate surface area is 156 Å². The number of carbonyl (C=O) groups is 1. The number of hydrogen-bond donors (Lipinski definition) is 1. The standard InChI is InChI=1S/C19H28N2O4S/c1-15(22)21-12-10-16-14-18(8-9-19(16)21)26(23,24)20-11-5-13-25-17-6-3-2-4-7-17/h8-9,14,17,20H,2-7,10-13H2,1H3. The Hall–Kier alpha value is -1.44. The van der Waals surface area contributed by atoms with Crippen LogP contribution in [0.15, 0.2) is 23.1 Å². The summed E-state index contributed by atoms with van der Waals surface area (Å²) in [4.78, 5) is 13.5. The van der Waals surface area contributed by atoms with Gasteiger partial charge >= 0.3 is 0 Å². The summed E-state index contributed by atoms with van der Waals surface area (Å²) in [6, 6.07) is 4.98. The Kier molecular flexibility index (Phi) is 6.32. The summed E-state index contributed by atoms with van der Waals surface area (Å²) in [5.74, 6) is -0.0181. The summed E-state index contributed by atoms with van der Waals surface area (Å²) in [6.07, 6.45) is 7.71. The van der Waals surface area contributed by atoms with Gasteiger partial charge in [-0.2, -0.15) is 0 Å². The number of carbonyl (C=O) groups excluding carboxylic acids is 1. The molecule has 6 nitrogen and oxygen atoms in total. The van der Waals surface area contributed by atoms with Crippen LogP contribution in [-0.2, 0) is 26.0 Å². The van der Waals surface area contributed by atoms with Gasteiger partial charge in [-0.15, -0.1) is 0 Å². The van der Waals surface area contributed by atoms with Crippen LogP contribution in [0.3, 0.4) is 0 Å². The van der Waals surface area contributed by atoms with Gasteiger partial charge < -0.3 is 9.64 Å². The maximum absolute atomic E-state index is 12.5. The molecule has 26 heavy (non-hydrogen) atoms. The molecule has 0 atom stereocenters. The van der Waals surface area contributed by atoms with Gasteiger partial charge in [-0.05, 0) is 49.4 Å². The lowest BCUT2D eigenvalue weighted by atomic mass is 9.98. The van der Waals surface area contributed by atoms with Crippen molar-refractivity contribution >= 4 is 21.6 Å². The Balaban J connectivity index is 1.50. The maximum Gasteiger partial charge on any atom is 0.240 e. The van der Waals surface area contributed by atoms with Gasteiger partial charge in [-0.3, -0.25) is 4.79 Å². The van der Waals surface area contributed by atoms with Gasteiger partial charge in [0.15, 0.2) is 0 Å². The van der Waals surface area contributed by atoms with Crippen LogP contribution in [0.1, 0.15) is 51.0 Å². The number of anilines is 1. The topological polar surface area (TPSA) is 75.7 Å². The first kappa shape index (κ1) is 19.3. The summed E-state index contributed by atoms with van der Waals surface area (Å²) >= 11 is 0. The number of sulfonamides is 1. The van der Waals surface area contributed by atoms with Gasteiger partial charge in [0.2, 0.25) is 15.9 Å². The van der Waals surface area contributed by atoms with E-state index < -0.39 is 10.0 Å². The predicted molar refractivity (Wildman–Crippen MR) is 101 cm³/mol. The van der Waals surface area contributed by atoms with E-state index in [1.54, 1.807) is 23.1 Å². The summed E-state index contributed by atoms with van der Waals surface area (Å²) < 4.78 is 33.4. The number of ether oxygens (including phenoxy) is 1. The van der Waals surface area contributed by atoms with E-state index in [9.17, 15) is 13.2 Å². The van der Waals surface area contributed by atoms with Crippen LogP contribution >= 0.6 is 0 Å². The minimum atomic E-state index is -3.53. The second kappa shape index (κ2) is 8.50. The Morgan fingerprint density at radius 1 is 1.27 bits per heavy atom. The molecule has 1 heterocycles. The quantitative estimate of drug-likeness (QED) is 0.738. The molecular formula is C19H28N2O4S. The van der Waals surface area contributed by atoms with Gasteiger partial charge in [-0.1, -0.05) is 19.3 Å². The lowest BCUT2D eigenvalue weighted by Crippen LogP contribution is -2.27. The zero-order valence-electron chi connectivity index (χ0n) is 15.4. The molecular weight excluding hydrogens is 352 g/mol. The van der Waals surface area contributed by atoms with Crippen LogP contribution in [0.2, 0.25) is 0 Å². The van der Waals surface area contributed by atoms with Crippen molar-refractivity contribution in [1.82, 2.24) is 4.72 Å². The normalized spacial score (nSPS) is 18.1. The number of nitrogens with one attached hydrogen (secondary N) is 1. The highest BCUT2D eigenvalue weighted by molar-refractivity contribution is 7.89. The van der Waals surface area contributed by atoms with Crippen molar-refractivity contribution in [2.24, 2.45) is 0 Å². The minimum absolute atomic E-state index is 0.0181. The minimum Gasteiger partial charge on any atom is -0.378 e. The average molecular weight is 381 g/mol. The van der Waals surface area contributed by atoms with Crippen molar-refractivity contribution in [3.05, 3.63) is 23.8 Å². The highest BCUT2D eigenvalue weighted by Gasteiger charge is 2.24. The summed E-state index contributed by atoms with van der Waals surface area (Å²) in [6.45, 7) is 3.09. The number of benzene rings is 1. The van der Waals surface area contributed by atoms with Crippen LogP contribution in [0, 0.1) is 0 Å². The van der Waals surface area contributed by atoms with Gasteiger partial charge in [0, 0.05) is 32.3 Å². The first-order valence-corrected chi connectivity index (χ1v) is 11.0. The van der Waals surface area contributed by atoms with Crippen molar-refractivity contribution < 1.29 is 17.9 Å². The first-order valence-electron chi connectivity index (χ1n) is 9.50. The zero-order chi connectivity index (χ0) is 18.6. The SMILES string of the molecule is CC(=O)N1CCc2cc(S(=O)(=O)NCCCOC3CCCCC3)ccc21. The second-order valence-electron chi connectivity index (χ2n) is 7.09. The monoisotopic (exact) mass is 380 g/mol. The summed E-state index contributed by atoms with van der Waals surface area (Å²) in [7, 11) is -3.53. The molecule has 1 N–H and O–H groups in total. The van der Waals surface area contributed by atoms with E-state index in [-0.39, 0.29) is 10.8 Å². The van der Waals surface area contributed by atoms with Crippen molar-refractivity contribution in [2.45, 2.75) is 62.9 Å². The molecule has 0 spiro atoms. The zero-order valence-corrected chi connectivity index (χ0v) is 16.2. The van der Waals surface area contributed by atoms with Gasteiger partial charge in [0.25, 0.3) is 0 Å². The number of nitrogens with zero attached hydrogens (tertiary/aromatic N) is 1. The first-order chi connectivity index (χ1) is 12.5. The highest BCUT2D eigenvalue weighted by atomic mass is 32.2. The lowest BCUT2D eigenvalue weighted by molar-refractivity contribution is -0.116. The average Bonchev–Trinajstić information content (AvgIpc) is 3.05. The van der Waals surface area contributed by atoms with E-state index in [0.29, 0.717) is 38.6 Å². The molecule has 3 rings (SSSR count). The molecule has 1 aromatic rings. The molecule has 2 aliphatic rings. The summed E-state index contributed by atoms with van der Waals surface area (Å²) in [5, 5.41) is 0. The molecule has 1 amide bonds. The molecule has 1 aliphatic heterocycles. The van der Waals surface area contributed by atoms with Crippen LogP contribution in [0.5, 0.6) is 0 Å². The highest BCUT2D eigenvalue weighted by Crippen LogP contribution is 2.30. The molecule has 7 heteroatoms. The van der Waals surface area contributed by atoms with Crippen molar-refractivity contribution in [3.63, 3.8) is 0 Å². The van der Waals surface area contributed by atoms with Crippen LogP contribution in [0.25, 0.3) is 0 Å². The maximum atomic E-state index is 12.5. The van der Waals surface area contributed by atoms with Crippen LogP contribution in [-0.4, -0.2) is 40.1 Å². The summed E-state index contributed by atoms with van der Waals surface area (Å²) in [5.41, 5.74) is 1.72. The van der Waals surface area contributed by atoms with E-state index in [1.165, 1.54) is 26.2 Å². The van der Waals surface area contributed by atoms with Gasteiger partial charge in [-0.25, -0.2) is 13.1 Å². The number of hydrogen-bond acceptors (Lipinski definition) is 4. The molecule has 1 aliphatic carbocycles. The second-order valence-corrected chi connectivity index (χ2v) is 8.86. The van der Waals surface area contributed by atoms with E-state index in [1.807, 2.05) is 0 Å². The van der Waals surface area contributed by atoms with Crippen LogP contribution in [0.4, 0.5) is 5.69 Å². The Morgan fingerprint density at radius 3 is 2.77 bits per heavy atom. The van der Waals surface area contributed by atoms with E-state index in [4.69, 9.17) is 4.74 Å². The third kappa shape index (κ3) is 4.64. The van der Waals surface area contributed by atoms with E-state index in [2.05, 4.69) is 4.72 Å². The fraction of sp³-hybridized carbons (Fsp3) is 0.632. The molecule has 0 unspecified atom stereocenters. The molecule has 1 fully saturated rings. The molecule has 0 radical (unpaired) electrons. The van der Waals surface area contributed by atoms with Crippen LogP contribution < -0.4 is 9.62 Å². The van der Waals surface area contributed by atoms with E-state index in [0.717, 1.165) is 24.1 Å². The Morgan fingerprint density at radius 2 is 2.04 bits per heavy atom. The number of amides is 1. The van der Waals surface area contributed by atoms with E-state index >= 15 is 0 Å². The van der Waals surface area contributed by atoms with Crippen molar-refractivity contribution in [2.75, 3.05) is 24.6 Å². The number of fused-ring (bicyclic) bond motifs is 1. The molecule has 0 aromatic heterocycles. The fourth-order valence-electron chi connectivity index (χ4n) is 3.72. The largest absolute Gasteiger partial charge is 0.378 e. The third-order valence-corrected chi connectivity index (χ3v) is 6.61. The number of rotatable bonds is 7. The molecule has 144 valence electrons. The predicted octanol–water partition coefficient (Wildman–Crippen LogP) is 2.61. The molecule has 1 aromatic carbocycles. The Bertz CT molecular complexity index is 742. The van der Waals surface area contributed by atoms with Gasteiger partial charge in [0.1, 0.15) is 0 Å². The van der Waals surface area contributed by atoms with Crippen molar-refractivity contribution in [1.29, 1.82) is 0 Å². The molecule has 0 bridgehead atoms. The fourth-order valence-corrected chi connectivity index (χ4v) is 4.84.